The highest BCUT2D eigenvalue weighted by molar-refractivity contribution is 7.09. The molecule has 2 heterocycles. The number of rotatable bonds is 6. The fourth-order valence-corrected chi connectivity index (χ4v) is 2.51. The van der Waals surface area contributed by atoms with Crippen molar-refractivity contribution in [2.75, 3.05) is 17.7 Å². The summed E-state index contributed by atoms with van der Waals surface area (Å²) >= 11 is 1.64. The van der Waals surface area contributed by atoms with Crippen molar-refractivity contribution in [3.8, 4) is 5.88 Å². The van der Waals surface area contributed by atoms with Crippen molar-refractivity contribution >= 4 is 22.8 Å². The fourth-order valence-electron chi connectivity index (χ4n) is 1.80. The number of hydrogen-bond acceptors (Lipinski definition) is 6. The van der Waals surface area contributed by atoms with Gasteiger partial charge in [-0.05, 0) is 37.8 Å². The number of thiazole rings is 1. The van der Waals surface area contributed by atoms with Gasteiger partial charge >= 0.3 is 0 Å². The highest BCUT2D eigenvalue weighted by Crippen LogP contribution is 2.30. The molecule has 5 nitrogen and oxygen atoms in total. The minimum absolute atomic E-state index is 0.525. The minimum Gasteiger partial charge on any atom is -0.476 e. The second-order valence-electron chi connectivity index (χ2n) is 5.08. The molecule has 1 fully saturated rings. The molecule has 6 heteroatoms. The lowest BCUT2D eigenvalue weighted by molar-refractivity contribution is 0.290. The zero-order chi connectivity index (χ0) is 13.9. The number of nitrogens with two attached hydrogens (primary N) is 1. The Morgan fingerprint density at radius 3 is 2.95 bits per heavy atom. The van der Waals surface area contributed by atoms with E-state index in [0.29, 0.717) is 30.6 Å². The van der Waals surface area contributed by atoms with E-state index in [9.17, 15) is 0 Å². The molecule has 1 saturated carbocycles. The molecule has 0 amide bonds. The van der Waals surface area contributed by atoms with Crippen molar-refractivity contribution in [1.82, 2.24) is 9.97 Å². The molecule has 2 aromatic heterocycles. The van der Waals surface area contributed by atoms with Gasteiger partial charge in [-0.1, -0.05) is 0 Å². The Kier molecular flexibility index (Phi) is 3.73. The SMILES string of the molecule is Cc1csc(CNc2ccc(N)c(OCC3CC3)n2)n1. The predicted octanol–water partition coefficient (Wildman–Crippen LogP) is 2.83. The van der Waals surface area contributed by atoms with Crippen LogP contribution in [0, 0.1) is 12.8 Å². The lowest BCUT2D eigenvalue weighted by Crippen LogP contribution is -2.06. The number of pyridine rings is 1. The number of nitrogens with zero attached hydrogens (tertiary/aromatic N) is 2. The number of aryl methyl sites for hydroxylation is 1. The van der Waals surface area contributed by atoms with Crippen LogP contribution in [0.3, 0.4) is 0 Å². The summed E-state index contributed by atoms with van der Waals surface area (Å²) in [5.41, 5.74) is 7.51. The third-order valence-corrected chi connectivity index (χ3v) is 4.10. The summed E-state index contributed by atoms with van der Waals surface area (Å²) in [5, 5.41) is 6.33. The number of hydrogen-bond donors (Lipinski definition) is 2. The molecular weight excluding hydrogens is 272 g/mol. The number of nitrogens with one attached hydrogen (secondary N) is 1. The first kappa shape index (κ1) is 13.2. The van der Waals surface area contributed by atoms with Crippen LogP contribution in [0.1, 0.15) is 23.5 Å². The summed E-state index contributed by atoms with van der Waals surface area (Å²) in [5.74, 6) is 1.97. The highest BCUT2D eigenvalue weighted by Gasteiger charge is 2.22. The summed E-state index contributed by atoms with van der Waals surface area (Å²) in [6.07, 6.45) is 2.50. The van der Waals surface area contributed by atoms with Gasteiger partial charge in [0.15, 0.2) is 0 Å². The van der Waals surface area contributed by atoms with Crippen molar-refractivity contribution in [2.45, 2.75) is 26.3 Å². The zero-order valence-electron chi connectivity index (χ0n) is 11.4. The Hall–Kier alpha value is -1.82. The van der Waals surface area contributed by atoms with E-state index >= 15 is 0 Å². The first-order chi connectivity index (χ1) is 9.70. The Morgan fingerprint density at radius 2 is 2.25 bits per heavy atom. The summed E-state index contributed by atoms with van der Waals surface area (Å²) in [4.78, 5) is 8.82. The van der Waals surface area contributed by atoms with Crippen LogP contribution in [0.5, 0.6) is 5.88 Å². The first-order valence-electron chi connectivity index (χ1n) is 6.75. The molecular formula is C14H18N4OS. The molecule has 0 atom stereocenters. The van der Waals surface area contributed by atoms with Crippen LogP contribution in [0.15, 0.2) is 17.5 Å². The van der Waals surface area contributed by atoms with Crippen LogP contribution in [0.2, 0.25) is 0 Å². The molecule has 0 saturated heterocycles. The Balaban J connectivity index is 1.61. The van der Waals surface area contributed by atoms with Crippen LogP contribution < -0.4 is 15.8 Å². The lowest BCUT2D eigenvalue weighted by atomic mass is 10.4. The number of aromatic nitrogens is 2. The predicted molar refractivity (Wildman–Crippen MR) is 81.0 cm³/mol. The maximum atomic E-state index is 5.88. The van der Waals surface area contributed by atoms with E-state index in [1.165, 1.54) is 12.8 Å². The normalized spacial score (nSPS) is 14.2. The molecule has 20 heavy (non-hydrogen) atoms. The van der Waals surface area contributed by atoms with E-state index in [4.69, 9.17) is 10.5 Å². The Bertz CT molecular complexity index is 595. The quantitative estimate of drug-likeness (QED) is 0.856. The summed E-state index contributed by atoms with van der Waals surface area (Å²) in [6.45, 7) is 3.37. The van der Waals surface area contributed by atoms with Gasteiger partial charge < -0.3 is 15.8 Å². The average molecular weight is 290 g/mol. The largest absolute Gasteiger partial charge is 0.476 e. The van der Waals surface area contributed by atoms with Crippen molar-refractivity contribution in [3.63, 3.8) is 0 Å². The molecule has 3 rings (SSSR count). The molecule has 0 spiro atoms. The van der Waals surface area contributed by atoms with Gasteiger partial charge in [-0.2, -0.15) is 4.98 Å². The maximum Gasteiger partial charge on any atom is 0.239 e. The van der Waals surface area contributed by atoms with E-state index in [0.717, 1.165) is 16.5 Å². The average Bonchev–Trinajstić information content (AvgIpc) is 3.18. The molecule has 3 N–H and O–H groups in total. The summed E-state index contributed by atoms with van der Waals surface area (Å²) in [7, 11) is 0. The van der Waals surface area contributed by atoms with Gasteiger partial charge in [0.1, 0.15) is 10.8 Å². The first-order valence-corrected chi connectivity index (χ1v) is 7.63. The topological polar surface area (TPSA) is 73.1 Å². The molecule has 1 aliphatic rings. The minimum atomic E-state index is 0.525. The van der Waals surface area contributed by atoms with E-state index in [1.807, 2.05) is 24.4 Å². The van der Waals surface area contributed by atoms with E-state index in [2.05, 4.69) is 15.3 Å². The van der Waals surface area contributed by atoms with E-state index < -0.39 is 0 Å². The standard InChI is InChI=1S/C14H18N4OS/c1-9-8-20-13(17-9)6-16-12-5-4-11(15)14(18-12)19-7-10-2-3-10/h4-5,8,10H,2-3,6-7,15H2,1H3,(H,16,18). The van der Waals surface area contributed by atoms with Crippen LogP contribution >= 0.6 is 11.3 Å². The van der Waals surface area contributed by atoms with Crippen molar-refractivity contribution in [3.05, 3.63) is 28.2 Å². The van der Waals surface area contributed by atoms with Crippen molar-refractivity contribution < 1.29 is 4.74 Å². The monoisotopic (exact) mass is 290 g/mol. The van der Waals surface area contributed by atoms with E-state index in [1.54, 1.807) is 11.3 Å². The smallest absolute Gasteiger partial charge is 0.239 e. The number of nitrogen functional groups attached to an aromatic ring is 1. The Morgan fingerprint density at radius 1 is 1.40 bits per heavy atom. The molecule has 2 aromatic rings. The van der Waals surface area contributed by atoms with Crippen LogP contribution in [-0.4, -0.2) is 16.6 Å². The molecule has 0 aliphatic heterocycles. The fraction of sp³-hybridized carbons (Fsp3) is 0.429. The molecule has 0 bridgehead atoms. The second kappa shape index (κ2) is 5.66. The second-order valence-corrected chi connectivity index (χ2v) is 6.02. The number of anilines is 2. The van der Waals surface area contributed by atoms with Gasteiger partial charge in [-0.15, -0.1) is 11.3 Å². The number of ether oxygens (including phenoxy) is 1. The Labute approximate surface area is 122 Å². The summed E-state index contributed by atoms with van der Waals surface area (Å²) in [6, 6.07) is 3.68. The van der Waals surface area contributed by atoms with Gasteiger partial charge in [0.05, 0.1) is 18.8 Å². The zero-order valence-corrected chi connectivity index (χ0v) is 12.2. The molecule has 1 aliphatic carbocycles. The molecule has 0 unspecified atom stereocenters. The molecule has 0 aromatic carbocycles. The van der Waals surface area contributed by atoms with Crippen LogP contribution in [0.25, 0.3) is 0 Å². The van der Waals surface area contributed by atoms with E-state index in [-0.39, 0.29) is 0 Å². The van der Waals surface area contributed by atoms with Crippen LogP contribution in [-0.2, 0) is 6.54 Å². The molecule has 0 radical (unpaired) electrons. The van der Waals surface area contributed by atoms with Gasteiger partial charge in [0.2, 0.25) is 5.88 Å². The van der Waals surface area contributed by atoms with Gasteiger partial charge in [-0.25, -0.2) is 4.98 Å². The van der Waals surface area contributed by atoms with Crippen molar-refractivity contribution in [2.24, 2.45) is 5.92 Å². The third kappa shape index (κ3) is 3.39. The summed E-state index contributed by atoms with van der Waals surface area (Å²) < 4.78 is 5.67. The van der Waals surface area contributed by atoms with Crippen LogP contribution in [0.4, 0.5) is 11.5 Å². The van der Waals surface area contributed by atoms with Gasteiger partial charge in [-0.3, -0.25) is 0 Å². The van der Waals surface area contributed by atoms with Gasteiger partial charge in [0, 0.05) is 11.1 Å². The van der Waals surface area contributed by atoms with Crippen molar-refractivity contribution in [1.29, 1.82) is 0 Å². The highest BCUT2D eigenvalue weighted by atomic mass is 32.1. The maximum absolute atomic E-state index is 5.88. The molecule has 106 valence electrons. The lowest BCUT2D eigenvalue weighted by Gasteiger charge is -2.10. The third-order valence-electron chi connectivity index (χ3n) is 3.13. The van der Waals surface area contributed by atoms with Gasteiger partial charge in [0.25, 0.3) is 0 Å².